The molecule has 0 fully saturated rings. The van der Waals surface area contributed by atoms with Crippen LogP contribution >= 0.6 is 23.2 Å². The first-order chi connectivity index (χ1) is 11.5. The zero-order chi connectivity index (χ0) is 17.3. The number of hydrogen-bond donors (Lipinski definition) is 2. The number of hydrazone groups is 1. The van der Waals surface area contributed by atoms with Crippen molar-refractivity contribution in [1.82, 2.24) is 5.43 Å². The largest absolute Gasteiger partial charge is 0.327 e. The lowest BCUT2D eigenvalue weighted by atomic mass is 10.0. The maximum atomic E-state index is 13.0. The summed E-state index contributed by atoms with van der Waals surface area (Å²) in [4.78, 5) is 14.9. The van der Waals surface area contributed by atoms with Gasteiger partial charge >= 0.3 is 0 Å². The molecule has 1 heterocycles. The van der Waals surface area contributed by atoms with E-state index in [0.29, 0.717) is 33.4 Å². The second kappa shape index (κ2) is 6.81. The number of carbonyl (C=O) groups is 1. The van der Waals surface area contributed by atoms with Crippen LogP contribution in [0.4, 0.5) is 5.69 Å². The lowest BCUT2D eigenvalue weighted by molar-refractivity contribution is 0.103. The molecule has 3 rings (SSSR count). The van der Waals surface area contributed by atoms with Crippen LogP contribution in [-0.4, -0.2) is 24.3 Å². The molecule has 0 saturated heterocycles. The van der Waals surface area contributed by atoms with Gasteiger partial charge in [0.2, 0.25) is 0 Å². The minimum absolute atomic E-state index is 0.200. The highest BCUT2D eigenvalue weighted by atomic mass is 35.5. The fourth-order valence-corrected chi connectivity index (χ4v) is 3.09. The van der Waals surface area contributed by atoms with Crippen molar-refractivity contribution in [3.05, 3.63) is 63.6 Å². The zero-order valence-corrected chi connectivity index (χ0v) is 14.5. The maximum absolute atomic E-state index is 13.0. The van der Waals surface area contributed by atoms with Crippen LogP contribution < -0.4 is 16.1 Å². The van der Waals surface area contributed by atoms with Gasteiger partial charge in [0, 0.05) is 22.7 Å². The number of hydrogen-bond acceptors (Lipinski definition) is 5. The molecule has 24 heavy (non-hydrogen) atoms. The van der Waals surface area contributed by atoms with Crippen LogP contribution in [-0.2, 0) is 0 Å². The van der Waals surface area contributed by atoms with E-state index in [9.17, 15) is 4.79 Å². The summed E-state index contributed by atoms with van der Waals surface area (Å²) in [6.45, 7) is 2.18. The first-order valence-corrected chi connectivity index (χ1v) is 8.16. The molecule has 1 atom stereocenters. The van der Waals surface area contributed by atoms with E-state index >= 15 is 0 Å². The standard InChI is InChI=1S/C17H16Cl2N4O/c1-10-21-22-16(9-20)23(10)15-7-6-11(18)8-13(15)17(24)12-4-2-3-5-14(12)19/h2-8,16,22H,9,20H2,1H3. The third-order valence-corrected chi connectivity index (χ3v) is 4.40. The number of rotatable bonds is 4. The summed E-state index contributed by atoms with van der Waals surface area (Å²) in [6.07, 6.45) is -0.219. The molecule has 1 aliphatic heterocycles. The quantitative estimate of drug-likeness (QED) is 0.818. The molecule has 0 bridgehead atoms. The van der Waals surface area contributed by atoms with Gasteiger partial charge in [-0.2, -0.15) is 5.10 Å². The van der Waals surface area contributed by atoms with Gasteiger partial charge in [-0.3, -0.25) is 10.2 Å². The van der Waals surface area contributed by atoms with Gasteiger partial charge in [0.1, 0.15) is 12.0 Å². The van der Waals surface area contributed by atoms with Crippen LogP contribution in [0.3, 0.4) is 0 Å². The highest BCUT2D eigenvalue weighted by Gasteiger charge is 2.29. The van der Waals surface area contributed by atoms with Gasteiger partial charge in [-0.15, -0.1) is 0 Å². The van der Waals surface area contributed by atoms with Crippen molar-refractivity contribution in [2.24, 2.45) is 10.8 Å². The first kappa shape index (κ1) is 16.8. The third kappa shape index (κ3) is 2.98. The Kier molecular flexibility index (Phi) is 4.76. The Bertz CT molecular complexity index is 822. The number of benzene rings is 2. The molecule has 1 aliphatic rings. The molecule has 124 valence electrons. The van der Waals surface area contributed by atoms with Gasteiger partial charge < -0.3 is 10.6 Å². The van der Waals surface area contributed by atoms with E-state index in [4.69, 9.17) is 28.9 Å². The number of nitrogens with zero attached hydrogens (tertiary/aromatic N) is 2. The molecular weight excluding hydrogens is 347 g/mol. The Morgan fingerprint density at radius 1 is 1.25 bits per heavy atom. The molecule has 0 saturated carbocycles. The number of nitrogens with two attached hydrogens (primary N) is 1. The van der Waals surface area contributed by atoms with Gasteiger partial charge in [-0.25, -0.2) is 0 Å². The second-order valence-electron chi connectivity index (χ2n) is 5.38. The van der Waals surface area contributed by atoms with E-state index in [1.165, 1.54) is 0 Å². The van der Waals surface area contributed by atoms with Crippen LogP contribution in [0.5, 0.6) is 0 Å². The Morgan fingerprint density at radius 2 is 2.00 bits per heavy atom. The SMILES string of the molecule is CC1=NNC(CN)N1c1ccc(Cl)cc1C(=O)c1ccccc1Cl. The number of carbonyl (C=O) groups excluding carboxylic acids is 1. The molecule has 3 N–H and O–H groups in total. The zero-order valence-electron chi connectivity index (χ0n) is 13.0. The van der Waals surface area contributed by atoms with Crippen LogP contribution in [0.15, 0.2) is 47.6 Å². The highest BCUT2D eigenvalue weighted by molar-refractivity contribution is 6.36. The fraction of sp³-hybridized carbons (Fsp3) is 0.176. The van der Waals surface area contributed by atoms with Crippen molar-refractivity contribution in [3.63, 3.8) is 0 Å². The van der Waals surface area contributed by atoms with Crippen molar-refractivity contribution < 1.29 is 4.79 Å². The molecule has 0 aromatic heterocycles. The summed E-state index contributed by atoms with van der Waals surface area (Å²) < 4.78 is 0. The number of ketones is 1. The maximum Gasteiger partial charge on any atom is 0.196 e. The van der Waals surface area contributed by atoms with Crippen molar-refractivity contribution in [1.29, 1.82) is 0 Å². The van der Waals surface area contributed by atoms with Crippen molar-refractivity contribution >= 4 is 40.5 Å². The lowest BCUT2D eigenvalue weighted by Gasteiger charge is -2.27. The second-order valence-corrected chi connectivity index (χ2v) is 6.22. The smallest absolute Gasteiger partial charge is 0.196 e. The Morgan fingerprint density at radius 3 is 2.71 bits per heavy atom. The minimum atomic E-state index is -0.219. The molecular formula is C17H16Cl2N4O. The van der Waals surface area contributed by atoms with Crippen molar-refractivity contribution in [2.75, 3.05) is 11.4 Å². The number of nitrogens with one attached hydrogen (secondary N) is 1. The van der Waals surface area contributed by atoms with E-state index in [1.54, 1.807) is 42.5 Å². The predicted molar refractivity (Wildman–Crippen MR) is 97.9 cm³/mol. The average Bonchev–Trinajstić information content (AvgIpc) is 2.95. The summed E-state index contributed by atoms with van der Waals surface area (Å²) in [6, 6.07) is 12.1. The van der Waals surface area contributed by atoms with Crippen LogP contribution in [0.2, 0.25) is 10.0 Å². The topological polar surface area (TPSA) is 70.7 Å². The molecule has 2 aromatic carbocycles. The monoisotopic (exact) mass is 362 g/mol. The molecule has 1 unspecified atom stereocenters. The van der Waals surface area contributed by atoms with E-state index in [-0.39, 0.29) is 11.9 Å². The summed E-state index contributed by atoms with van der Waals surface area (Å²) in [7, 11) is 0. The molecule has 2 aromatic rings. The molecule has 7 heteroatoms. The van der Waals surface area contributed by atoms with Gasteiger partial charge in [0.15, 0.2) is 5.78 Å². The summed E-state index contributed by atoms with van der Waals surface area (Å²) >= 11 is 12.3. The molecule has 0 radical (unpaired) electrons. The normalized spacial score (nSPS) is 16.8. The number of amidine groups is 1. The highest BCUT2D eigenvalue weighted by Crippen LogP contribution is 2.31. The average molecular weight is 363 g/mol. The summed E-state index contributed by atoms with van der Waals surface area (Å²) in [5, 5.41) is 5.07. The van der Waals surface area contributed by atoms with E-state index in [0.717, 1.165) is 5.84 Å². The molecule has 0 amide bonds. The predicted octanol–water partition coefficient (Wildman–Crippen LogP) is 3.25. The molecule has 5 nitrogen and oxygen atoms in total. The Labute approximate surface area is 150 Å². The molecule has 0 aliphatic carbocycles. The lowest BCUT2D eigenvalue weighted by Crippen LogP contribution is -2.45. The van der Waals surface area contributed by atoms with Crippen LogP contribution in [0.25, 0.3) is 0 Å². The van der Waals surface area contributed by atoms with Gasteiger partial charge in [0.05, 0.1) is 10.7 Å². The minimum Gasteiger partial charge on any atom is -0.327 e. The number of anilines is 1. The summed E-state index contributed by atoms with van der Waals surface area (Å²) in [5.74, 6) is 0.523. The molecule has 0 spiro atoms. The van der Waals surface area contributed by atoms with Gasteiger partial charge in [-0.1, -0.05) is 35.3 Å². The Hall–Kier alpha value is -2.08. The third-order valence-electron chi connectivity index (χ3n) is 3.84. The van der Waals surface area contributed by atoms with Gasteiger partial charge in [-0.05, 0) is 37.3 Å². The van der Waals surface area contributed by atoms with E-state index in [1.807, 2.05) is 11.8 Å². The number of halogens is 2. The summed E-state index contributed by atoms with van der Waals surface area (Å²) in [5.41, 5.74) is 10.3. The first-order valence-electron chi connectivity index (χ1n) is 7.41. The fourth-order valence-electron chi connectivity index (χ4n) is 2.70. The van der Waals surface area contributed by atoms with E-state index in [2.05, 4.69) is 10.5 Å². The van der Waals surface area contributed by atoms with Crippen LogP contribution in [0.1, 0.15) is 22.8 Å². The Balaban J connectivity index is 2.12. The van der Waals surface area contributed by atoms with Crippen molar-refractivity contribution in [3.8, 4) is 0 Å². The van der Waals surface area contributed by atoms with E-state index < -0.39 is 0 Å². The van der Waals surface area contributed by atoms with Gasteiger partial charge in [0.25, 0.3) is 0 Å². The van der Waals surface area contributed by atoms with Crippen LogP contribution in [0, 0.1) is 0 Å². The van der Waals surface area contributed by atoms with Crippen molar-refractivity contribution in [2.45, 2.75) is 13.1 Å².